The smallest absolute Gasteiger partial charge is 0.243 e. The first-order valence-corrected chi connectivity index (χ1v) is 12.5. The number of piperazine rings is 1. The zero-order valence-corrected chi connectivity index (χ0v) is 19.8. The summed E-state index contributed by atoms with van der Waals surface area (Å²) in [5, 5.41) is 2.94. The lowest BCUT2D eigenvalue weighted by Crippen LogP contribution is -2.50. The van der Waals surface area contributed by atoms with E-state index in [2.05, 4.69) is 5.32 Å². The summed E-state index contributed by atoms with van der Waals surface area (Å²) in [5.74, 6) is -0.103. The molecule has 3 aromatic rings. The lowest BCUT2D eigenvalue weighted by atomic mass is 10.1. The van der Waals surface area contributed by atoms with Crippen LogP contribution in [0.4, 0.5) is 5.69 Å². The van der Waals surface area contributed by atoms with Gasteiger partial charge >= 0.3 is 0 Å². The number of aryl methyl sites for hydroxylation is 2. The van der Waals surface area contributed by atoms with Crippen molar-refractivity contribution in [2.75, 3.05) is 38.0 Å². The number of nitrogens with zero attached hydrogens (tertiary/aromatic N) is 2. The van der Waals surface area contributed by atoms with Crippen molar-refractivity contribution < 1.29 is 13.2 Å². The minimum atomic E-state index is -3.54. The summed E-state index contributed by atoms with van der Waals surface area (Å²) in [5.41, 5.74) is 4.64. The Labute approximate surface area is 195 Å². The van der Waals surface area contributed by atoms with E-state index >= 15 is 0 Å². The number of benzene rings is 3. The van der Waals surface area contributed by atoms with Crippen LogP contribution in [0.3, 0.4) is 0 Å². The van der Waals surface area contributed by atoms with Crippen LogP contribution >= 0.6 is 0 Å². The highest BCUT2D eigenvalue weighted by Gasteiger charge is 2.30. The fraction of sp³-hybridized carbons (Fsp3) is 0.269. The number of nitrogens with one attached hydrogen (secondary N) is 1. The predicted molar refractivity (Wildman–Crippen MR) is 132 cm³/mol. The molecule has 33 heavy (non-hydrogen) atoms. The minimum absolute atomic E-state index is 0.103. The number of hydrogen-bond donors (Lipinski definition) is 1. The topological polar surface area (TPSA) is 69.7 Å². The van der Waals surface area contributed by atoms with Crippen molar-refractivity contribution in [1.82, 2.24) is 9.21 Å². The van der Waals surface area contributed by atoms with Gasteiger partial charge in [-0.1, -0.05) is 54.6 Å². The number of carbonyl (C=O) groups is 1. The predicted octanol–water partition coefficient (Wildman–Crippen LogP) is 3.92. The van der Waals surface area contributed by atoms with Crippen LogP contribution in [0.5, 0.6) is 0 Å². The molecule has 0 spiro atoms. The standard InChI is InChI=1S/C26H29N3O3S/c1-20-8-9-21(2)25(18-20)33(31,32)29-16-14-28(15-17-29)19-26(30)27-24-12-10-23(11-13-24)22-6-4-3-5-7-22/h3-13,18H,14-17,19H2,1-2H3,(H,27,30). The normalized spacial score (nSPS) is 15.3. The molecular formula is C26H29N3O3S. The van der Waals surface area contributed by atoms with Crippen LogP contribution in [0, 0.1) is 13.8 Å². The first kappa shape index (κ1) is 23.2. The molecule has 1 fully saturated rings. The minimum Gasteiger partial charge on any atom is -0.325 e. The Balaban J connectivity index is 1.31. The molecule has 3 aromatic carbocycles. The third kappa shape index (κ3) is 5.50. The van der Waals surface area contributed by atoms with Crippen molar-refractivity contribution in [3.63, 3.8) is 0 Å². The maximum atomic E-state index is 13.1. The molecular weight excluding hydrogens is 434 g/mol. The Morgan fingerprint density at radius 2 is 1.48 bits per heavy atom. The van der Waals surface area contributed by atoms with Gasteiger partial charge in [0.05, 0.1) is 11.4 Å². The molecule has 1 amide bonds. The summed E-state index contributed by atoms with van der Waals surface area (Å²) >= 11 is 0. The van der Waals surface area contributed by atoms with Crippen LogP contribution < -0.4 is 5.32 Å². The van der Waals surface area contributed by atoms with Crippen LogP contribution in [0.25, 0.3) is 11.1 Å². The number of carbonyl (C=O) groups excluding carboxylic acids is 1. The summed E-state index contributed by atoms with van der Waals surface area (Å²) < 4.78 is 27.7. The van der Waals surface area contributed by atoms with Gasteiger partial charge < -0.3 is 5.32 Å². The van der Waals surface area contributed by atoms with E-state index in [0.717, 1.165) is 27.9 Å². The van der Waals surface area contributed by atoms with Gasteiger partial charge in [-0.15, -0.1) is 0 Å². The van der Waals surface area contributed by atoms with Crippen molar-refractivity contribution in [3.05, 3.63) is 83.9 Å². The van der Waals surface area contributed by atoms with Gasteiger partial charge in [-0.2, -0.15) is 4.31 Å². The van der Waals surface area contributed by atoms with Gasteiger partial charge in [0.15, 0.2) is 0 Å². The van der Waals surface area contributed by atoms with Gasteiger partial charge in [0, 0.05) is 31.9 Å². The molecule has 1 aliphatic heterocycles. The Morgan fingerprint density at radius 1 is 0.848 bits per heavy atom. The molecule has 1 aliphatic rings. The Hall–Kier alpha value is -3.00. The average Bonchev–Trinajstić information content (AvgIpc) is 2.82. The van der Waals surface area contributed by atoms with Crippen LogP contribution in [0.15, 0.2) is 77.7 Å². The first-order chi connectivity index (χ1) is 15.8. The first-order valence-electron chi connectivity index (χ1n) is 11.1. The summed E-state index contributed by atoms with van der Waals surface area (Å²) in [4.78, 5) is 14.9. The van der Waals surface area contributed by atoms with Crippen LogP contribution in [-0.4, -0.2) is 56.3 Å². The average molecular weight is 464 g/mol. The molecule has 0 aliphatic carbocycles. The van der Waals surface area contributed by atoms with Crippen molar-refractivity contribution >= 4 is 21.6 Å². The second-order valence-electron chi connectivity index (χ2n) is 8.44. The fourth-order valence-corrected chi connectivity index (χ4v) is 5.76. The van der Waals surface area contributed by atoms with E-state index in [0.29, 0.717) is 31.1 Å². The zero-order chi connectivity index (χ0) is 23.4. The molecule has 0 aromatic heterocycles. The molecule has 1 heterocycles. The van der Waals surface area contributed by atoms with Crippen molar-refractivity contribution in [2.45, 2.75) is 18.7 Å². The summed E-state index contributed by atoms with van der Waals surface area (Å²) in [6.45, 7) is 5.72. The largest absolute Gasteiger partial charge is 0.325 e. The van der Waals surface area contributed by atoms with Gasteiger partial charge in [0.1, 0.15) is 0 Å². The molecule has 1 N–H and O–H groups in total. The highest BCUT2D eigenvalue weighted by atomic mass is 32.2. The molecule has 0 radical (unpaired) electrons. The quantitative estimate of drug-likeness (QED) is 0.602. The zero-order valence-electron chi connectivity index (χ0n) is 19.0. The van der Waals surface area contributed by atoms with E-state index in [9.17, 15) is 13.2 Å². The van der Waals surface area contributed by atoms with E-state index in [1.165, 1.54) is 4.31 Å². The molecule has 1 saturated heterocycles. The fourth-order valence-electron chi connectivity index (χ4n) is 4.03. The number of sulfonamides is 1. The van der Waals surface area contributed by atoms with Crippen LogP contribution in [-0.2, 0) is 14.8 Å². The van der Waals surface area contributed by atoms with Crippen molar-refractivity contribution in [1.29, 1.82) is 0 Å². The Kier molecular flexibility index (Phi) is 6.93. The third-order valence-corrected chi connectivity index (χ3v) is 7.98. The SMILES string of the molecule is Cc1ccc(C)c(S(=O)(=O)N2CCN(CC(=O)Nc3ccc(-c4ccccc4)cc3)CC2)c1. The van der Waals surface area contributed by atoms with E-state index < -0.39 is 10.0 Å². The van der Waals surface area contributed by atoms with Crippen molar-refractivity contribution in [3.8, 4) is 11.1 Å². The van der Waals surface area contributed by atoms with E-state index in [-0.39, 0.29) is 12.5 Å². The van der Waals surface area contributed by atoms with Crippen LogP contribution in [0.1, 0.15) is 11.1 Å². The number of hydrogen-bond acceptors (Lipinski definition) is 4. The maximum absolute atomic E-state index is 13.1. The molecule has 4 rings (SSSR count). The van der Waals surface area contributed by atoms with E-state index in [1.807, 2.05) is 85.5 Å². The molecule has 6 nitrogen and oxygen atoms in total. The Bertz CT molecular complexity index is 1220. The summed E-state index contributed by atoms with van der Waals surface area (Å²) in [7, 11) is -3.54. The van der Waals surface area contributed by atoms with Gasteiger partial charge in [-0.3, -0.25) is 9.69 Å². The molecule has 0 bridgehead atoms. The molecule has 7 heteroatoms. The molecule has 172 valence electrons. The lowest BCUT2D eigenvalue weighted by molar-refractivity contribution is -0.117. The second-order valence-corrected chi connectivity index (χ2v) is 10.3. The molecule has 0 atom stereocenters. The monoisotopic (exact) mass is 463 g/mol. The summed E-state index contributed by atoms with van der Waals surface area (Å²) in [6, 6.07) is 23.3. The highest BCUT2D eigenvalue weighted by molar-refractivity contribution is 7.89. The molecule has 0 unspecified atom stereocenters. The number of anilines is 1. The Morgan fingerprint density at radius 3 is 2.15 bits per heavy atom. The van der Waals surface area contributed by atoms with Crippen molar-refractivity contribution in [2.24, 2.45) is 0 Å². The third-order valence-electron chi connectivity index (χ3n) is 5.94. The number of rotatable bonds is 6. The van der Waals surface area contributed by atoms with Crippen LogP contribution in [0.2, 0.25) is 0 Å². The maximum Gasteiger partial charge on any atom is 0.243 e. The second kappa shape index (κ2) is 9.87. The van der Waals surface area contributed by atoms with E-state index in [4.69, 9.17) is 0 Å². The van der Waals surface area contributed by atoms with Gasteiger partial charge in [0.25, 0.3) is 0 Å². The van der Waals surface area contributed by atoms with Gasteiger partial charge in [0.2, 0.25) is 15.9 Å². The number of amides is 1. The van der Waals surface area contributed by atoms with E-state index in [1.54, 1.807) is 6.07 Å². The highest BCUT2D eigenvalue weighted by Crippen LogP contribution is 2.23. The lowest BCUT2D eigenvalue weighted by Gasteiger charge is -2.33. The molecule has 0 saturated carbocycles. The van der Waals surface area contributed by atoms with Gasteiger partial charge in [-0.25, -0.2) is 8.42 Å². The summed E-state index contributed by atoms with van der Waals surface area (Å²) in [6.07, 6.45) is 0. The van der Waals surface area contributed by atoms with Gasteiger partial charge in [-0.05, 0) is 54.3 Å².